The van der Waals surface area contributed by atoms with E-state index >= 15 is 0 Å². The Morgan fingerprint density at radius 3 is 1.76 bits per heavy atom. The molecule has 2 heteroatoms. The molecule has 3 aromatic rings. The molecule has 0 aliphatic rings. The minimum Gasteiger partial charge on any atom is -0.367 e. The van der Waals surface area contributed by atoms with Gasteiger partial charge in [0.15, 0.2) is 0 Å². The second kappa shape index (κ2) is 9.05. The second-order valence-corrected chi connectivity index (χ2v) is 6.35. The van der Waals surface area contributed by atoms with Gasteiger partial charge in [-0.25, -0.2) is 0 Å². The highest BCUT2D eigenvalue weighted by atomic mass is 15.1. The lowest BCUT2D eigenvalue weighted by Gasteiger charge is -2.25. The zero-order valence-corrected chi connectivity index (χ0v) is 14.6. The van der Waals surface area contributed by atoms with Crippen LogP contribution in [0.4, 0.5) is 5.69 Å². The molecule has 0 unspecified atom stereocenters. The molecule has 0 aliphatic heterocycles. The van der Waals surface area contributed by atoms with Crippen LogP contribution in [-0.4, -0.2) is 13.1 Å². The quantitative estimate of drug-likeness (QED) is 0.662. The Labute approximate surface area is 150 Å². The summed E-state index contributed by atoms with van der Waals surface area (Å²) in [6.45, 7) is 2.61. The van der Waals surface area contributed by atoms with Gasteiger partial charge in [0.25, 0.3) is 0 Å². The first-order valence-electron chi connectivity index (χ1n) is 8.97. The summed E-state index contributed by atoms with van der Waals surface area (Å²) < 4.78 is 0. The number of nitrogens with two attached hydrogens (primary N) is 1. The van der Waals surface area contributed by atoms with E-state index in [0.29, 0.717) is 6.54 Å². The molecular formula is C23H26N2. The number of hydrogen-bond donors (Lipinski definition) is 1. The molecule has 0 spiro atoms. The SMILES string of the molecule is NCCc1ccc(N(CCc2ccccc2)Cc2ccccc2)cc1. The van der Waals surface area contributed by atoms with Crippen molar-refractivity contribution in [3.05, 3.63) is 102 Å². The van der Waals surface area contributed by atoms with Gasteiger partial charge in [0.05, 0.1) is 0 Å². The van der Waals surface area contributed by atoms with Crippen LogP contribution in [-0.2, 0) is 19.4 Å². The summed E-state index contributed by atoms with van der Waals surface area (Å²) in [5, 5.41) is 0. The molecule has 0 amide bonds. The van der Waals surface area contributed by atoms with E-state index in [2.05, 4.69) is 89.8 Å². The van der Waals surface area contributed by atoms with Gasteiger partial charge in [-0.05, 0) is 48.2 Å². The van der Waals surface area contributed by atoms with Crippen molar-refractivity contribution in [2.24, 2.45) is 5.73 Å². The third-order valence-corrected chi connectivity index (χ3v) is 4.46. The molecule has 0 aliphatic carbocycles. The molecule has 0 heterocycles. The van der Waals surface area contributed by atoms with Crippen LogP contribution in [0.2, 0.25) is 0 Å². The van der Waals surface area contributed by atoms with Crippen molar-refractivity contribution in [3.63, 3.8) is 0 Å². The summed E-state index contributed by atoms with van der Waals surface area (Å²) in [4.78, 5) is 2.45. The lowest BCUT2D eigenvalue weighted by atomic mass is 10.1. The van der Waals surface area contributed by atoms with Gasteiger partial charge >= 0.3 is 0 Å². The zero-order chi connectivity index (χ0) is 17.3. The van der Waals surface area contributed by atoms with Crippen molar-refractivity contribution in [1.82, 2.24) is 0 Å². The van der Waals surface area contributed by atoms with Crippen molar-refractivity contribution in [3.8, 4) is 0 Å². The molecule has 0 saturated carbocycles. The highest BCUT2D eigenvalue weighted by molar-refractivity contribution is 5.48. The van der Waals surface area contributed by atoms with E-state index < -0.39 is 0 Å². The summed E-state index contributed by atoms with van der Waals surface area (Å²) in [5.74, 6) is 0. The molecule has 0 aromatic heterocycles. The number of anilines is 1. The molecule has 2 nitrogen and oxygen atoms in total. The van der Waals surface area contributed by atoms with Crippen LogP contribution in [0.3, 0.4) is 0 Å². The standard InChI is InChI=1S/C23H26N2/c24-17-15-21-11-13-23(14-12-21)25(19-22-9-5-2-6-10-22)18-16-20-7-3-1-4-8-20/h1-14H,15-19,24H2. The fourth-order valence-corrected chi connectivity index (χ4v) is 3.05. The van der Waals surface area contributed by atoms with E-state index in [4.69, 9.17) is 5.73 Å². The van der Waals surface area contributed by atoms with Gasteiger partial charge in [-0.3, -0.25) is 0 Å². The molecule has 2 N–H and O–H groups in total. The highest BCUT2D eigenvalue weighted by Gasteiger charge is 2.08. The first-order valence-corrected chi connectivity index (χ1v) is 8.97. The Hall–Kier alpha value is -2.58. The maximum atomic E-state index is 5.66. The number of nitrogens with zero attached hydrogens (tertiary/aromatic N) is 1. The average Bonchev–Trinajstić information content (AvgIpc) is 2.68. The largest absolute Gasteiger partial charge is 0.367 e. The van der Waals surface area contributed by atoms with E-state index in [1.807, 2.05) is 0 Å². The molecule has 0 bridgehead atoms. The minimum absolute atomic E-state index is 0.696. The Kier molecular flexibility index (Phi) is 6.24. The first kappa shape index (κ1) is 17.2. The number of hydrogen-bond acceptors (Lipinski definition) is 2. The van der Waals surface area contributed by atoms with E-state index in [9.17, 15) is 0 Å². The summed E-state index contributed by atoms with van der Waals surface area (Å²) in [5.41, 5.74) is 10.9. The topological polar surface area (TPSA) is 29.3 Å². The summed E-state index contributed by atoms with van der Waals surface area (Å²) in [6, 6.07) is 30.2. The van der Waals surface area contributed by atoms with Gasteiger partial charge in [0, 0.05) is 18.8 Å². The minimum atomic E-state index is 0.696. The third kappa shape index (κ3) is 5.20. The monoisotopic (exact) mass is 330 g/mol. The predicted octanol–water partition coefficient (Wildman–Crippen LogP) is 4.44. The van der Waals surface area contributed by atoms with Crippen LogP contribution in [0.1, 0.15) is 16.7 Å². The molecular weight excluding hydrogens is 304 g/mol. The Balaban J connectivity index is 1.75. The Morgan fingerprint density at radius 2 is 1.16 bits per heavy atom. The fourth-order valence-electron chi connectivity index (χ4n) is 3.05. The maximum absolute atomic E-state index is 5.66. The van der Waals surface area contributed by atoms with Gasteiger partial charge in [-0.15, -0.1) is 0 Å². The van der Waals surface area contributed by atoms with Crippen LogP contribution in [0.5, 0.6) is 0 Å². The fraction of sp³-hybridized carbons (Fsp3) is 0.217. The lowest BCUT2D eigenvalue weighted by Crippen LogP contribution is -2.25. The maximum Gasteiger partial charge on any atom is 0.0429 e. The van der Waals surface area contributed by atoms with E-state index in [1.54, 1.807) is 0 Å². The lowest BCUT2D eigenvalue weighted by molar-refractivity contribution is 0.782. The van der Waals surface area contributed by atoms with Crippen molar-refractivity contribution in [2.45, 2.75) is 19.4 Å². The highest BCUT2D eigenvalue weighted by Crippen LogP contribution is 2.19. The van der Waals surface area contributed by atoms with Crippen LogP contribution in [0, 0.1) is 0 Å². The smallest absolute Gasteiger partial charge is 0.0429 e. The van der Waals surface area contributed by atoms with Crippen LogP contribution >= 0.6 is 0 Å². The number of rotatable bonds is 8. The van der Waals surface area contributed by atoms with Gasteiger partial charge < -0.3 is 10.6 Å². The Bertz CT molecular complexity index is 736. The number of benzene rings is 3. The molecule has 3 aromatic carbocycles. The molecule has 0 radical (unpaired) electrons. The van der Waals surface area contributed by atoms with Gasteiger partial charge in [-0.1, -0.05) is 72.8 Å². The summed E-state index contributed by atoms with van der Waals surface area (Å²) >= 11 is 0. The van der Waals surface area contributed by atoms with Crippen molar-refractivity contribution >= 4 is 5.69 Å². The van der Waals surface area contributed by atoms with Crippen molar-refractivity contribution < 1.29 is 0 Å². The molecule has 128 valence electrons. The molecule has 0 atom stereocenters. The van der Waals surface area contributed by atoms with Crippen LogP contribution in [0.15, 0.2) is 84.9 Å². The Morgan fingerprint density at radius 1 is 0.600 bits per heavy atom. The average molecular weight is 330 g/mol. The van der Waals surface area contributed by atoms with Crippen molar-refractivity contribution in [2.75, 3.05) is 18.0 Å². The summed E-state index contributed by atoms with van der Waals surface area (Å²) in [6.07, 6.45) is 1.97. The second-order valence-electron chi connectivity index (χ2n) is 6.35. The van der Waals surface area contributed by atoms with Crippen molar-refractivity contribution in [1.29, 1.82) is 0 Å². The van der Waals surface area contributed by atoms with Gasteiger partial charge in [0.1, 0.15) is 0 Å². The van der Waals surface area contributed by atoms with Gasteiger partial charge in [-0.2, -0.15) is 0 Å². The zero-order valence-electron chi connectivity index (χ0n) is 14.6. The van der Waals surface area contributed by atoms with Gasteiger partial charge in [0.2, 0.25) is 0 Å². The van der Waals surface area contributed by atoms with Crippen LogP contribution in [0.25, 0.3) is 0 Å². The molecule has 0 saturated heterocycles. The van der Waals surface area contributed by atoms with E-state index in [-0.39, 0.29) is 0 Å². The van der Waals surface area contributed by atoms with E-state index in [1.165, 1.54) is 22.4 Å². The van der Waals surface area contributed by atoms with E-state index in [0.717, 1.165) is 25.9 Å². The molecule has 25 heavy (non-hydrogen) atoms. The first-order chi connectivity index (χ1) is 12.3. The predicted molar refractivity (Wildman–Crippen MR) is 107 cm³/mol. The summed E-state index contributed by atoms with van der Waals surface area (Å²) in [7, 11) is 0. The third-order valence-electron chi connectivity index (χ3n) is 4.46. The molecule has 3 rings (SSSR count). The normalized spacial score (nSPS) is 10.6. The molecule has 0 fully saturated rings. The van der Waals surface area contributed by atoms with Crippen LogP contribution < -0.4 is 10.6 Å².